The van der Waals surface area contributed by atoms with Gasteiger partial charge in [0.25, 0.3) is 0 Å². The zero-order valence-corrected chi connectivity index (χ0v) is 9.90. The third-order valence-corrected chi connectivity index (χ3v) is 3.46. The van der Waals surface area contributed by atoms with E-state index >= 15 is 0 Å². The summed E-state index contributed by atoms with van der Waals surface area (Å²) in [5.74, 6) is 0. The summed E-state index contributed by atoms with van der Waals surface area (Å²) in [6.45, 7) is 8.12. The van der Waals surface area contributed by atoms with E-state index in [1.807, 2.05) is 6.08 Å². The molecule has 15 heavy (non-hydrogen) atoms. The van der Waals surface area contributed by atoms with Crippen LogP contribution in [0.4, 0.5) is 0 Å². The lowest BCUT2D eigenvalue weighted by atomic mass is 10.1. The van der Waals surface area contributed by atoms with Crippen LogP contribution in [0.25, 0.3) is 22.2 Å². The van der Waals surface area contributed by atoms with Crippen molar-refractivity contribution in [2.75, 3.05) is 0 Å². The van der Waals surface area contributed by atoms with Crippen molar-refractivity contribution in [2.24, 2.45) is 0 Å². The Hall–Kier alpha value is -1.34. The molecule has 0 saturated heterocycles. The molecule has 0 radical (unpaired) electrons. The van der Waals surface area contributed by atoms with Crippen LogP contribution in [0.1, 0.15) is 24.3 Å². The number of thiophene rings is 1. The monoisotopic (exact) mass is 214 g/mol. The van der Waals surface area contributed by atoms with Crippen molar-refractivity contribution >= 4 is 33.6 Å². The number of hydrogen-bond donors (Lipinski definition) is 0. The summed E-state index contributed by atoms with van der Waals surface area (Å²) < 4.78 is 1.33. The first-order valence-corrected chi connectivity index (χ1v) is 5.83. The molecule has 0 bridgehead atoms. The smallest absolute Gasteiger partial charge is 0.0355 e. The van der Waals surface area contributed by atoms with Crippen LogP contribution in [0, 0.1) is 0 Å². The molecule has 0 unspecified atom stereocenters. The Morgan fingerprint density at radius 3 is 2.67 bits per heavy atom. The highest BCUT2D eigenvalue weighted by molar-refractivity contribution is 7.20. The largest absolute Gasteiger partial charge is 0.135 e. The lowest BCUT2D eigenvalue weighted by Crippen LogP contribution is -1.73. The number of fused-ring (bicyclic) bond motifs is 1. The van der Waals surface area contributed by atoms with E-state index in [0.29, 0.717) is 0 Å². The molecule has 0 aliphatic rings. The van der Waals surface area contributed by atoms with Crippen LogP contribution in [0.5, 0.6) is 0 Å². The summed E-state index contributed by atoms with van der Waals surface area (Å²) in [6, 6.07) is 8.51. The molecule has 0 spiro atoms. The van der Waals surface area contributed by atoms with Crippen LogP contribution < -0.4 is 0 Å². The molecule has 0 aliphatic carbocycles. The second-order valence-electron chi connectivity index (χ2n) is 3.80. The maximum atomic E-state index is 3.88. The highest BCUT2D eigenvalue weighted by atomic mass is 32.1. The minimum atomic E-state index is 1.26. The highest BCUT2D eigenvalue weighted by Crippen LogP contribution is 2.33. The molecule has 0 fully saturated rings. The molecule has 2 aromatic rings. The van der Waals surface area contributed by atoms with Gasteiger partial charge in [-0.2, -0.15) is 0 Å². The van der Waals surface area contributed by atoms with Gasteiger partial charge in [-0.05, 0) is 19.9 Å². The van der Waals surface area contributed by atoms with Crippen molar-refractivity contribution < 1.29 is 0 Å². The molecule has 0 saturated carbocycles. The maximum Gasteiger partial charge on any atom is 0.0355 e. The topological polar surface area (TPSA) is 0 Å². The van der Waals surface area contributed by atoms with Gasteiger partial charge in [0.1, 0.15) is 0 Å². The van der Waals surface area contributed by atoms with Gasteiger partial charge in [0.05, 0.1) is 0 Å². The van der Waals surface area contributed by atoms with Gasteiger partial charge in [-0.15, -0.1) is 11.3 Å². The normalized spacial score (nSPS) is 10.3. The minimum Gasteiger partial charge on any atom is -0.135 e. The molecule has 2 rings (SSSR count). The van der Waals surface area contributed by atoms with Gasteiger partial charge in [-0.1, -0.05) is 42.5 Å². The van der Waals surface area contributed by atoms with Gasteiger partial charge in [0.15, 0.2) is 0 Å². The molecule has 0 aliphatic heterocycles. The lowest BCUT2D eigenvalue weighted by molar-refractivity contribution is 1.43. The molecule has 0 nitrogen and oxygen atoms in total. The van der Waals surface area contributed by atoms with E-state index < -0.39 is 0 Å². The van der Waals surface area contributed by atoms with Crippen LogP contribution in [-0.4, -0.2) is 0 Å². The predicted octanol–water partition coefficient (Wildman–Crippen LogP) is 4.97. The van der Waals surface area contributed by atoms with Gasteiger partial charge in [-0.3, -0.25) is 0 Å². The summed E-state index contributed by atoms with van der Waals surface area (Å²) in [5, 5.41) is 1.33. The van der Waals surface area contributed by atoms with Gasteiger partial charge < -0.3 is 0 Å². The Morgan fingerprint density at radius 1 is 1.27 bits per heavy atom. The fourth-order valence-corrected chi connectivity index (χ4v) is 2.71. The van der Waals surface area contributed by atoms with E-state index in [0.717, 1.165) is 0 Å². The van der Waals surface area contributed by atoms with Gasteiger partial charge >= 0.3 is 0 Å². The number of hydrogen-bond acceptors (Lipinski definition) is 1. The van der Waals surface area contributed by atoms with E-state index in [1.165, 1.54) is 26.1 Å². The predicted molar refractivity (Wildman–Crippen MR) is 71.2 cm³/mol. The Balaban J connectivity index is 2.78. The summed E-state index contributed by atoms with van der Waals surface area (Å²) in [7, 11) is 0. The summed E-state index contributed by atoms with van der Waals surface area (Å²) in [5.41, 5.74) is 2.63. The fourth-order valence-electron chi connectivity index (χ4n) is 1.67. The van der Waals surface area contributed by atoms with E-state index in [-0.39, 0.29) is 0 Å². The zero-order chi connectivity index (χ0) is 10.8. The first-order chi connectivity index (χ1) is 7.22. The molecular formula is C14H14S. The standard InChI is InChI=1S/C14H14S/c1-4-13-12(9-10(2)3)11-7-5-6-8-14(11)15-13/h4-9H,1H2,2-3H3. The van der Waals surface area contributed by atoms with Crippen molar-refractivity contribution in [3.05, 3.63) is 46.9 Å². The van der Waals surface area contributed by atoms with Gasteiger partial charge in [0.2, 0.25) is 0 Å². The van der Waals surface area contributed by atoms with Crippen molar-refractivity contribution in [3.8, 4) is 0 Å². The Labute approximate surface area is 94.6 Å². The summed E-state index contributed by atoms with van der Waals surface area (Å²) in [4.78, 5) is 1.26. The van der Waals surface area contributed by atoms with Crippen LogP contribution >= 0.6 is 11.3 Å². The second kappa shape index (κ2) is 4.03. The minimum absolute atomic E-state index is 1.26. The molecular weight excluding hydrogens is 200 g/mol. The third kappa shape index (κ3) is 1.88. The Bertz CT molecular complexity index is 525. The zero-order valence-electron chi connectivity index (χ0n) is 9.08. The van der Waals surface area contributed by atoms with Crippen LogP contribution in [0.3, 0.4) is 0 Å². The van der Waals surface area contributed by atoms with Gasteiger partial charge in [-0.25, -0.2) is 0 Å². The second-order valence-corrected chi connectivity index (χ2v) is 4.89. The number of rotatable bonds is 2. The third-order valence-electron chi connectivity index (χ3n) is 2.28. The Morgan fingerprint density at radius 2 is 2.00 bits per heavy atom. The molecule has 1 heterocycles. The van der Waals surface area contributed by atoms with Crippen LogP contribution in [-0.2, 0) is 0 Å². The summed E-state index contributed by atoms with van der Waals surface area (Å²) in [6.07, 6.45) is 4.18. The van der Waals surface area contributed by atoms with E-state index in [2.05, 4.69) is 50.8 Å². The van der Waals surface area contributed by atoms with Crippen LogP contribution in [0.2, 0.25) is 0 Å². The quantitative estimate of drug-likeness (QED) is 0.662. The van der Waals surface area contributed by atoms with E-state index in [4.69, 9.17) is 0 Å². The van der Waals surface area contributed by atoms with E-state index in [9.17, 15) is 0 Å². The average molecular weight is 214 g/mol. The van der Waals surface area contributed by atoms with Crippen molar-refractivity contribution in [2.45, 2.75) is 13.8 Å². The lowest BCUT2D eigenvalue weighted by Gasteiger charge is -1.95. The average Bonchev–Trinajstić information content (AvgIpc) is 2.56. The molecule has 1 heteroatoms. The van der Waals surface area contributed by atoms with Crippen molar-refractivity contribution in [1.29, 1.82) is 0 Å². The summed E-state index contributed by atoms with van der Waals surface area (Å²) >= 11 is 1.80. The maximum absolute atomic E-state index is 3.88. The number of allylic oxidation sites excluding steroid dienone is 1. The first-order valence-electron chi connectivity index (χ1n) is 5.01. The Kier molecular flexibility index (Phi) is 2.74. The van der Waals surface area contributed by atoms with Crippen LogP contribution in [0.15, 0.2) is 36.4 Å². The van der Waals surface area contributed by atoms with Crippen molar-refractivity contribution in [3.63, 3.8) is 0 Å². The van der Waals surface area contributed by atoms with E-state index in [1.54, 1.807) is 11.3 Å². The van der Waals surface area contributed by atoms with Gasteiger partial charge in [0, 0.05) is 20.5 Å². The number of benzene rings is 1. The molecule has 0 amide bonds. The van der Waals surface area contributed by atoms with Crippen molar-refractivity contribution in [1.82, 2.24) is 0 Å². The SMILES string of the molecule is C=Cc1sc2ccccc2c1C=C(C)C. The molecule has 0 N–H and O–H groups in total. The molecule has 1 aromatic carbocycles. The molecule has 0 atom stereocenters. The first kappa shape index (κ1) is 10.2. The highest BCUT2D eigenvalue weighted by Gasteiger charge is 2.06. The molecule has 1 aromatic heterocycles. The molecule has 76 valence electrons. The fraction of sp³-hybridized carbons (Fsp3) is 0.143.